The molecule has 0 aliphatic rings. The fourth-order valence-electron chi connectivity index (χ4n) is 2.45. The number of hydrogen-bond donors (Lipinski definition) is 0. The zero-order valence-electron chi connectivity index (χ0n) is 13.8. The molecule has 5 nitrogen and oxygen atoms in total. The summed E-state index contributed by atoms with van der Waals surface area (Å²) < 4.78 is 1.73. The molecule has 1 aromatic carbocycles. The van der Waals surface area contributed by atoms with E-state index in [1.807, 2.05) is 53.9 Å². The number of carbonyl (C=O) groups is 1. The molecule has 0 bridgehead atoms. The van der Waals surface area contributed by atoms with Crippen LogP contribution in [0, 0.1) is 0 Å². The largest absolute Gasteiger partial charge is 0.307 e. The van der Waals surface area contributed by atoms with Gasteiger partial charge in [-0.25, -0.2) is 4.98 Å². The predicted octanol–water partition coefficient (Wildman–Crippen LogP) is 3.99. The highest BCUT2D eigenvalue weighted by molar-refractivity contribution is 7.13. The lowest BCUT2D eigenvalue weighted by Crippen LogP contribution is -2.32. The van der Waals surface area contributed by atoms with Crippen molar-refractivity contribution in [1.82, 2.24) is 14.8 Å². The molecule has 6 heteroatoms. The molecule has 2 aromatic heterocycles. The van der Waals surface area contributed by atoms with Crippen LogP contribution in [0.15, 0.2) is 48.1 Å². The molecule has 0 aliphatic carbocycles. The highest BCUT2D eigenvalue weighted by Gasteiger charge is 2.20. The second kappa shape index (κ2) is 7.40. The van der Waals surface area contributed by atoms with E-state index in [2.05, 4.69) is 17.0 Å². The van der Waals surface area contributed by atoms with Crippen LogP contribution < -0.4 is 4.90 Å². The summed E-state index contributed by atoms with van der Waals surface area (Å²) in [6, 6.07) is 9.77. The van der Waals surface area contributed by atoms with Crippen molar-refractivity contribution in [2.24, 2.45) is 7.05 Å². The summed E-state index contributed by atoms with van der Waals surface area (Å²) in [5, 5.41) is 6.80. The molecule has 0 radical (unpaired) electrons. The van der Waals surface area contributed by atoms with Crippen LogP contribution in [0.4, 0.5) is 5.69 Å². The molecular weight excluding hydrogens is 320 g/mol. The van der Waals surface area contributed by atoms with E-state index in [1.54, 1.807) is 10.9 Å². The number of aryl methyl sites for hydroxylation is 1. The fraction of sp³-hybridized carbons (Fsp3) is 0.278. The zero-order valence-corrected chi connectivity index (χ0v) is 14.7. The maximum atomic E-state index is 13.0. The summed E-state index contributed by atoms with van der Waals surface area (Å²) in [6.07, 6.45) is 5.66. The van der Waals surface area contributed by atoms with E-state index in [4.69, 9.17) is 0 Å². The highest BCUT2D eigenvalue weighted by atomic mass is 32.1. The molecule has 3 rings (SSSR count). The van der Waals surface area contributed by atoms with Crippen LogP contribution in [0.1, 0.15) is 30.3 Å². The smallest absolute Gasteiger partial charge is 0.277 e. The lowest BCUT2D eigenvalue weighted by Gasteiger charge is -2.21. The average molecular weight is 340 g/mol. The number of benzene rings is 1. The first kappa shape index (κ1) is 16.4. The summed E-state index contributed by atoms with van der Waals surface area (Å²) in [7, 11) is 1.87. The normalized spacial score (nSPS) is 10.8. The maximum absolute atomic E-state index is 13.0. The van der Waals surface area contributed by atoms with E-state index in [-0.39, 0.29) is 5.91 Å². The summed E-state index contributed by atoms with van der Waals surface area (Å²) in [5.41, 5.74) is 2.33. The van der Waals surface area contributed by atoms with Gasteiger partial charge in [-0.2, -0.15) is 5.10 Å². The Morgan fingerprint density at radius 2 is 2.08 bits per heavy atom. The SMILES string of the molecule is CCCCN(C(=O)c1csc(-c2cnn(C)c2)n1)c1ccccc1. The molecule has 0 saturated carbocycles. The number of carbonyl (C=O) groups excluding carboxylic acids is 1. The van der Waals surface area contributed by atoms with Crippen molar-refractivity contribution >= 4 is 22.9 Å². The van der Waals surface area contributed by atoms with Crippen LogP contribution in [0.3, 0.4) is 0 Å². The van der Waals surface area contributed by atoms with Crippen molar-refractivity contribution < 1.29 is 4.79 Å². The molecule has 0 unspecified atom stereocenters. The van der Waals surface area contributed by atoms with Crippen LogP contribution in [-0.2, 0) is 7.05 Å². The van der Waals surface area contributed by atoms with Crippen molar-refractivity contribution in [1.29, 1.82) is 0 Å². The summed E-state index contributed by atoms with van der Waals surface area (Å²) >= 11 is 1.47. The quantitative estimate of drug-likeness (QED) is 0.682. The van der Waals surface area contributed by atoms with Gasteiger partial charge in [0.05, 0.1) is 6.20 Å². The molecule has 0 spiro atoms. The van der Waals surface area contributed by atoms with Gasteiger partial charge in [-0.1, -0.05) is 31.5 Å². The number of anilines is 1. The van der Waals surface area contributed by atoms with E-state index in [9.17, 15) is 4.79 Å². The van der Waals surface area contributed by atoms with Gasteiger partial charge in [0, 0.05) is 36.4 Å². The molecule has 124 valence electrons. The minimum Gasteiger partial charge on any atom is -0.307 e. The van der Waals surface area contributed by atoms with Crippen molar-refractivity contribution in [3.8, 4) is 10.6 Å². The fourth-order valence-corrected chi connectivity index (χ4v) is 3.22. The second-order valence-corrected chi connectivity index (χ2v) is 6.44. The molecule has 2 heterocycles. The van der Waals surface area contributed by atoms with Crippen molar-refractivity contribution in [2.75, 3.05) is 11.4 Å². The minimum absolute atomic E-state index is 0.0546. The number of thiazole rings is 1. The molecule has 1 amide bonds. The van der Waals surface area contributed by atoms with Gasteiger partial charge in [0.15, 0.2) is 0 Å². The minimum atomic E-state index is -0.0546. The molecule has 0 atom stereocenters. The van der Waals surface area contributed by atoms with E-state index in [1.165, 1.54) is 11.3 Å². The Hall–Kier alpha value is -2.47. The molecule has 24 heavy (non-hydrogen) atoms. The molecular formula is C18H20N4OS. The Morgan fingerprint density at radius 1 is 1.29 bits per heavy atom. The standard InChI is InChI=1S/C18H20N4OS/c1-3-4-10-22(15-8-6-5-7-9-15)18(23)16-13-24-17(20-16)14-11-19-21(2)12-14/h5-9,11-13H,3-4,10H2,1-2H3. The van der Waals surface area contributed by atoms with Crippen LogP contribution in [0.2, 0.25) is 0 Å². The van der Waals surface area contributed by atoms with Crippen LogP contribution in [0.25, 0.3) is 10.6 Å². The van der Waals surface area contributed by atoms with Gasteiger partial charge in [0.1, 0.15) is 10.7 Å². The Bertz CT molecular complexity index is 809. The summed E-state index contributed by atoms with van der Waals surface area (Å²) in [6.45, 7) is 2.82. The van der Waals surface area contributed by atoms with Crippen LogP contribution >= 0.6 is 11.3 Å². The molecule has 0 N–H and O–H groups in total. The Labute approximate surface area is 145 Å². The predicted molar refractivity (Wildman–Crippen MR) is 97.3 cm³/mol. The van der Waals surface area contributed by atoms with Gasteiger partial charge in [-0.15, -0.1) is 11.3 Å². The summed E-state index contributed by atoms with van der Waals surface area (Å²) in [4.78, 5) is 19.3. The first-order chi connectivity index (χ1) is 11.7. The van der Waals surface area contributed by atoms with Crippen LogP contribution in [-0.4, -0.2) is 27.2 Å². The number of unbranched alkanes of at least 4 members (excludes halogenated alkanes) is 1. The van der Waals surface area contributed by atoms with Crippen LogP contribution in [0.5, 0.6) is 0 Å². The third-order valence-corrected chi connectivity index (χ3v) is 4.61. The number of nitrogens with zero attached hydrogens (tertiary/aromatic N) is 4. The third kappa shape index (κ3) is 3.54. The van der Waals surface area contributed by atoms with Gasteiger partial charge < -0.3 is 4.90 Å². The monoisotopic (exact) mass is 340 g/mol. The second-order valence-electron chi connectivity index (χ2n) is 5.59. The number of amides is 1. The lowest BCUT2D eigenvalue weighted by molar-refractivity contribution is 0.0982. The Morgan fingerprint density at radius 3 is 2.75 bits per heavy atom. The number of aromatic nitrogens is 3. The van der Waals surface area contributed by atoms with Gasteiger partial charge in [-0.3, -0.25) is 9.48 Å². The number of rotatable bonds is 6. The lowest BCUT2D eigenvalue weighted by atomic mass is 10.2. The molecule has 0 saturated heterocycles. The Balaban J connectivity index is 1.86. The topological polar surface area (TPSA) is 51.0 Å². The number of hydrogen-bond acceptors (Lipinski definition) is 4. The first-order valence-electron chi connectivity index (χ1n) is 8.00. The van der Waals surface area contributed by atoms with Gasteiger partial charge in [-0.05, 0) is 18.6 Å². The molecule has 0 aliphatic heterocycles. The molecule has 3 aromatic rings. The highest BCUT2D eigenvalue weighted by Crippen LogP contribution is 2.25. The summed E-state index contributed by atoms with van der Waals surface area (Å²) in [5.74, 6) is -0.0546. The van der Waals surface area contributed by atoms with E-state index < -0.39 is 0 Å². The zero-order chi connectivity index (χ0) is 16.9. The van der Waals surface area contributed by atoms with E-state index in [0.29, 0.717) is 12.2 Å². The van der Waals surface area contributed by atoms with E-state index >= 15 is 0 Å². The van der Waals surface area contributed by atoms with Crippen molar-refractivity contribution in [3.05, 3.63) is 53.8 Å². The van der Waals surface area contributed by atoms with Gasteiger partial charge in [0.2, 0.25) is 0 Å². The van der Waals surface area contributed by atoms with Crippen molar-refractivity contribution in [3.63, 3.8) is 0 Å². The first-order valence-corrected chi connectivity index (χ1v) is 8.88. The maximum Gasteiger partial charge on any atom is 0.277 e. The third-order valence-electron chi connectivity index (χ3n) is 3.72. The van der Waals surface area contributed by atoms with Crippen molar-refractivity contribution in [2.45, 2.75) is 19.8 Å². The Kier molecular flexibility index (Phi) is 5.05. The number of para-hydroxylation sites is 1. The van der Waals surface area contributed by atoms with Gasteiger partial charge in [0.25, 0.3) is 5.91 Å². The average Bonchev–Trinajstić information content (AvgIpc) is 3.25. The molecule has 0 fully saturated rings. The van der Waals surface area contributed by atoms with Gasteiger partial charge >= 0.3 is 0 Å². The van der Waals surface area contributed by atoms with E-state index in [0.717, 1.165) is 29.1 Å².